The third kappa shape index (κ3) is 5.34. The molecule has 1 amide bonds. The summed E-state index contributed by atoms with van der Waals surface area (Å²) in [5, 5.41) is 10.6. The van der Waals surface area contributed by atoms with Crippen LogP contribution in [0.4, 0.5) is 13.2 Å². The molecule has 23 heavy (non-hydrogen) atoms. The highest BCUT2D eigenvalue weighted by atomic mass is 32.2. The fourth-order valence-electron chi connectivity index (χ4n) is 2.43. The number of sulfonamides is 1. The van der Waals surface area contributed by atoms with Crippen LogP contribution in [0.5, 0.6) is 0 Å². The first-order valence-corrected chi connectivity index (χ1v) is 8.55. The van der Waals surface area contributed by atoms with E-state index < -0.39 is 52.5 Å². The van der Waals surface area contributed by atoms with Gasteiger partial charge in [0.15, 0.2) is 0 Å². The lowest BCUT2D eigenvalue weighted by molar-refractivity contribution is -0.160. The summed E-state index contributed by atoms with van der Waals surface area (Å²) in [4.78, 5) is 23.1. The van der Waals surface area contributed by atoms with E-state index in [1.807, 2.05) is 0 Å². The van der Waals surface area contributed by atoms with E-state index in [1.54, 1.807) is 5.32 Å². The van der Waals surface area contributed by atoms with E-state index in [9.17, 15) is 31.2 Å². The zero-order chi connectivity index (χ0) is 18.0. The molecule has 1 heterocycles. The Hall–Kier alpha value is -1.36. The molecule has 0 aromatic carbocycles. The Bertz CT molecular complexity index is 562. The molecule has 1 aliphatic heterocycles. The van der Waals surface area contributed by atoms with Crippen molar-refractivity contribution in [1.82, 2.24) is 9.62 Å². The molecule has 0 aromatic rings. The number of carbonyl (C=O) groups excluding carboxylic acids is 1. The number of nitrogens with one attached hydrogen (secondary N) is 1. The topological polar surface area (TPSA) is 104 Å². The number of halogens is 3. The molecule has 0 bridgehead atoms. The van der Waals surface area contributed by atoms with Crippen LogP contribution in [0, 0.1) is 5.92 Å². The Kier molecular flexibility index (Phi) is 6.02. The molecule has 1 rings (SSSR count). The van der Waals surface area contributed by atoms with Crippen molar-refractivity contribution in [1.29, 1.82) is 0 Å². The molecular formula is C12H19F3N2O5S. The molecule has 11 heteroatoms. The molecule has 1 aliphatic rings. The summed E-state index contributed by atoms with van der Waals surface area (Å²) in [5.74, 6) is -3.54. The van der Waals surface area contributed by atoms with Crippen LogP contribution in [-0.4, -0.2) is 60.3 Å². The third-order valence-corrected chi connectivity index (χ3v) is 5.33. The number of aliphatic carboxylic acids is 1. The van der Waals surface area contributed by atoms with Gasteiger partial charge in [-0.3, -0.25) is 4.79 Å². The third-order valence-electron chi connectivity index (χ3n) is 3.40. The fourth-order valence-corrected chi connectivity index (χ4v) is 4.25. The van der Waals surface area contributed by atoms with Gasteiger partial charge < -0.3 is 10.4 Å². The van der Waals surface area contributed by atoms with Gasteiger partial charge in [-0.1, -0.05) is 13.8 Å². The van der Waals surface area contributed by atoms with Crippen molar-refractivity contribution < 1.29 is 36.3 Å². The van der Waals surface area contributed by atoms with Gasteiger partial charge in [-0.25, -0.2) is 13.2 Å². The van der Waals surface area contributed by atoms with Crippen molar-refractivity contribution in [3.63, 3.8) is 0 Å². The average molecular weight is 360 g/mol. The number of carbonyl (C=O) groups is 2. The maximum absolute atomic E-state index is 12.4. The van der Waals surface area contributed by atoms with Gasteiger partial charge in [-0.15, -0.1) is 0 Å². The SMILES string of the molecule is CC(C)C(C(=O)NC(CC(F)(F)F)C(=O)O)N1CCCS1(=O)=O. The van der Waals surface area contributed by atoms with E-state index >= 15 is 0 Å². The van der Waals surface area contributed by atoms with Crippen LogP contribution in [-0.2, 0) is 19.6 Å². The number of hydrogen-bond acceptors (Lipinski definition) is 4. The van der Waals surface area contributed by atoms with Crippen molar-refractivity contribution in [2.45, 2.75) is 44.9 Å². The zero-order valence-electron chi connectivity index (χ0n) is 12.6. The van der Waals surface area contributed by atoms with Crippen molar-refractivity contribution in [3.05, 3.63) is 0 Å². The van der Waals surface area contributed by atoms with Crippen molar-refractivity contribution >= 4 is 21.9 Å². The van der Waals surface area contributed by atoms with Crippen LogP contribution < -0.4 is 5.32 Å². The van der Waals surface area contributed by atoms with Gasteiger partial charge in [0.2, 0.25) is 15.9 Å². The van der Waals surface area contributed by atoms with Gasteiger partial charge in [-0.2, -0.15) is 17.5 Å². The molecule has 7 nitrogen and oxygen atoms in total. The summed E-state index contributed by atoms with van der Waals surface area (Å²) in [6, 6.07) is -3.40. The smallest absolute Gasteiger partial charge is 0.391 e. The fraction of sp³-hybridized carbons (Fsp3) is 0.833. The maximum Gasteiger partial charge on any atom is 0.391 e. The van der Waals surface area contributed by atoms with Crippen LogP contribution in [0.3, 0.4) is 0 Å². The molecule has 2 unspecified atom stereocenters. The van der Waals surface area contributed by atoms with Gasteiger partial charge in [0.1, 0.15) is 12.1 Å². The molecule has 0 aliphatic carbocycles. The molecule has 1 saturated heterocycles. The van der Waals surface area contributed by atoms with Crippen LogP contribution in [0.1, 0.15) is 26.7 Å². The first-order chi connectivity index (χ1) is 10.3. The number of carboxylic acid groups (broad SMARTS) is 1. The molecule has 0 spiro atoms. The average Bonchev–Trinajstić information content (AvgIpc) is 2.66. The van der Waals surface area contributed by atoms with Gasteiger partial charge in [0.05, 0.1) is 12.2 Å². The lowest BCUT2D eigenvalue weighted by Crippen LogP contribution is -2.54. The van der Waals surface area contributed by atoms with Crippen molar-refractivity contribution in [2.24, 2.45) is 5.92 Å². The highest BCUT2D eigenvalue weighted by molar-refractivity contribution is 7.89. The molecule has 0 saturated carbocycles. The van der Waals surface area contributed by atoms with E-state index in [-0.39, 0.29) is 12.3 Å². The molecule has 0 radical (unpaired) electrons. The minimum absolute atomic E-state index is 0.0790. The summed E-state index contributed by atoms with van der Waals surface area (Å²) in [5.41, 5.74) is 0. The van der Waals surface area contributed by atoms with Crippen LogP contribution in [0.25, 0.3) is 0 Å². The molecular weight excluding hydrogens is 341 g/mol. The predicted octanol–water partition coefficient (Wildman–Crippen LogP) is 0.568. The summed E-state index contributed by atoms with van der Waals surface area (Å²) >= 11 is 0. The predicted molar refractivity (Wildman–Crippen MR) is 74.0 cm³/mol. The van der Waals surface area contributed by atoms with Crippen molar-refractivity contribution in [3.8, 4) is 0 Å². The number of hydrogen-bond donors (Lipinski definition) is 2. The first kappa shape index (κ1) is 19.7. The van der Waals surface area contributed by atoms with Gasteiger partial charge in [0.25, 0.3) is 0 Å². The first-order valence-electron chi connectivity index (χ1n) is 6.94. The Balaban J connectivity index is 2.96. The molecule has 2 atom stereocenters. The quantitative estimate of drug-likeness (QED) is 0.721. The van der Waals surface area contributed by atoms with Crippen LogP contribution in [0.2, 0.25) is 0 Å². The van der Waals surface area contributed by atoms with E-state index in [0.717, 1.165) is 4.31 Å². The maximum atomic E-state index is 12.4. The Morgan fingerprint density at radius 1 is 1.30 bits per heavy atom. The second-order valence-corrected chi connectivity index (χ2v) is 7.73. The number of nitrogens with zero attached hydrogens (tertiary/aromatic N) is 1. The number of rotatable bonds is 6. The summed E-state index contributed by atoms with van der Waals surface area (Å²) < 4.78 is 61.9. The lowest BCUT2D eigenvalue weighted by Gasteiger charge is -2.29. The van der Waals surface area contributed by atoms with E-state index in [1.165, 1.54) is 13.8 Å². The van der Waals surface area contributed by atoms with E-state index in [0.29, 0.717) is 6.42 Å². The number of carboxylic acids is 1. The Labute approximate surface area is 131 Å². The van der Waals surface area contributed by atoms with Crippen LogP contribution >= 0.6 is 0 Å². The molecule has 0 aromatic heterocycles. The largest absolute Gasteiger partial charge is 0.480 e. The summed E-state index contributed by atoms with van der Waals surface area (Å²) in [7, 11) is -3.66. The highest BCUT2D eigenvalue weighted by Gasteiger charge is 2.42. The normalized spacial score (nSPS) is 21.1. The van der Waals surface area contributed by atoms with Gasteiger partial charge in [-0.05, 0) is 12.3 Å². The Morgan fingerprint density at radius 3 is 2.22 bits per heavy atom. The van der Waals surface area contributed by atoms with E-state index in [4.69, 9.17) is 5.11 Å². The minimum Gasteiger partial charge on any atom is -0.480 e. The molecule has 1 fully saturated rings. The number of amides is 1. The van der Waals surface area contributed by atoms with Crippen molar-refractivity contribution in [2.75, 3.05) is 12.3 Å². The minimum atomic E-state index is -4.77. The highest BCUT2D eigenvalue weighted by Crippen LogP contribution is 2.24. The summed E-state index contributed by atoms with van der Waals surface area (Å²) in [6.07, 6.45) is -6.20. The van der Waals surface area contributed by atoms with Crippen LogP contribution in [0.15, 0.2) is 0 Å². The second-order valence-electron chi connectivity index (χ2n) is 5.69. The van der Waals surface area contributed by atoms with E-state index in [2.05, 4.69) is 0 Å². The standard InChI is InChI=1S/C12H19F3N2O5S/c1-7(2)9(17-4-3-5-23(17,21)22)10(18)16-8(11(19)20)6-12(13,14)15/h7-9H,3-6H2,1-2H3,(H,16,18)(H,19,20). The second kappa shape index (κ2) is 7.04. The van der Waals surface area contributed by atoms with Gasteiger partial charge in [0, 0.05) is 6.54 Å². The molecule has 134 valence electrons. The van der Waals surface area contributed by atoms with Gasteiger partial charge >= 0.3 is 12.1 Å². The summed E-state index contributed by atoms with van der Waals surface area (Å²) in [6.45, 7) is 3.16. The zero-order valence-corrected chi connectivity index (χ0v) is 13.4. The number of alkyl halides is 3. The lowest BCUT2D eigenvalue weighted by atomic mass is 10.0. The monoisotopic (exact) mass is 360 g/mol. The molecule has 2 N–H and O–H groups in total. The Morgan fingerprint density at radius 2 is 1.87 bits per heavy atom.